The summed E-state index contributed by atoms with van der Waals surface area (Å²) in [5, 5.41) is 9.08. The molecule has 2 aliphatic rings. The van der Waals surface area contributed by atoms with Gasteiger partial charge in [-0.25, -0.2) is 9.50 Å². The molecule has 0 unspecified atom stereocenters. The van der Waals surface area contributed by atoms with Crippen LogP contribution in [0.25, 0.3) is 5.65 Å². The number of hydrogen-bond acceptors (Lipinski definition) is 4. The molecule has 5 heterocycles. The van der Waals surface area contributed by atoms with Crippen LogP contribution in [-0.2, 0) is 20.0 Å². The zero-order valence-electron chi connectivity index (χ0n) is 14.4. The maximum absolute atomic E-state index is 4.67. The molecular formula is C18H22N6. The van der Waals surface area contributed by atoms with Crippen molar-refractivity contribution in [3.8, 4) is 0 Å². The van der Waals surface area contributed by atoms with E-state index in [-0.39, 0.29) is 0 Å². The van der Waals surface area contributed by atoms with Gasteiger partial charge in [0.05, 0.1) is 17.6 Å². The average Bonchev–Trinajstić information content (AvgIpc) is 3.18. The van der Waals surface area contributed by atoms with Gasteiger partial charge in [0, 0.05) is 61.2 Å². The van der Waals surface area contributed by atoms with Crippen molar-refractivity contribution in [3.05, 3.63) is 46.7 Å². The molecule has 3 aromatic rings. The Bertz CT molecular complexity index is 937. The fourth-order valence-corrected chi connectivity index (χ4v) is 4.44. The van der Waals surface area contributed by atoms with Crippen LogP contribution in [0.15, 0.2) is 18.5 Å². The molecule has 1 saturated heterocycles. The molecule has 6 nitrogen and oxygen atoms in total. The summed E-state index contributed by atoms with van der Waals surface area (Å²) >= 11 is 0. The molecule has 0 N–H and O–H groups in total. The molecule has 0 amide bonds. The predicted octanol–water partition coefficient (Wildman–Crippen LogP) is 2.34. The van der Waals surface area contributed by atoms with Gasteiger partial charge in [0.25, 0.3) is 0 Å². The minimum absolute atomic E-state index is 0.458. The number of fused-ring (bicyclic) bond motifs is 6. The fourth-order valence-electron chi connectivity index (χ4n) is 4.44. The van der Waals surface area contributed by atoms with Gasteiger partial charge in [0.1, 0.15) is 0 Å². The molecule has 24 heavy (non-hydrogen) atoms. The van der Waals surface area contributed by atoms with Crippen LogP contribution in [0.2, 0.25) is 0 Å². The van der Waals surface area contributed by atoms with Gasteiger partial charge in [0.15, 0.2) is 5.65 Å². The van der Waals surface area contributed by atoms with Crippen LogP contribution in [0.3, 0.4) is 0 Å². The second-order valence-corrected chi connectivity index (χ2v) is 7.22. The van der Waals surface area contributed by atoms with Crippen LogP contribution in [0.5, 0.6) is 0 Å². The highest BCUT2D eigenvalue weighted by molar-refractivity contribution is 5.44. The molecule has 0 aromatic carbocycles. The fraction of sp³-hybridized carbons (Fsp3) is 0.500. The highest BCUT2D eigenvalue weighted by Crippen LogP contribution is 2.44. The van der Waals surface area contributed by atoms with E-state index < -0.39 is 0 Å². The van der Waals surface area contributed by atoms with E-state index in [0.29, 0.717) is 12.1 Å². The van der Waals surface area contributed by atoms with E-state index in [4.69, 9.17) is 0 Å². The molecule has 0 spiro atoms. The molecule has 6 heteroatoms. The van der Waals surface area contributed by atoms with E-state index in [9.17, 15) is 0 Å². The van der Waals surface area contributed by atoms with Crippen LogP contribution in [0.4, 0.5) is 0 Å². The Morgan fingerprint density at radius 1 is 1.21 bits per heavy atom. The summed E-state index contributed by atoms with van der Waals surface area (Å²) < 4.78 is 4.04. The first-order valence-electron chi connectivity index (χ1n) is 8.69. The van der Waals surface area contributed by atoms with Gasteiger partial charge >= 0.3 is 0 Å². The Morgan fingerprint density at radius 3 is 2.88 bits per heavy atom. The van der Waals surface area contributed by atoms with Gasteiger partial charge in [-0.2, -0.15) is 10.2 Å². The highest BCUT2D eigenvalue weighted by Gasteiger charge is 2.41. The lowest BCUT2D eigenvalue weighted by Gasteiger charge is -2.36. The molecule has 0 saturated carbocycles. The Kier molecular flexibility index (Phi) is 2.89. The minimum atomic E-state index is 0.458. The highest BCUT2D eigenvalue weighted by atomic mass is 15.3. The van der Waals surface area contributed by atoms with Crippen LogP contribution in [0, 0.1) is 13.8 Å². The molecular weight excluding hydrogens is 300 g/mol. The lowest BCUT2D eigenvalue weighted by Crippen LogP contribution is -2.38. The Hall–Kier alpha value is -2.21. The summed E-state index contributed by atoms with van der Waals surface area (Å²) in [6.45, 7) is 5.17. The van der Waals surface area contributed by atoms with Crippen molar-refractivity contribution >= 4 is 5.65 Å². The molecule has 0 radical (unpaired) electrons. The first-order valence-corrected chi connectivity index (χ1v) is 8.69. The summed E-state index contributed by atoms with van der Waals surface area (Å²) in [7, 11) is 2.01. The quantitative estimate of drug-likeness (QED) is 0.727. The summed E-state index contributed by atoms with van der Waals surface area (Å²) in [6, 6.07) is 3.12. The van der Waals surface area contributed by atoms with Crippen LogP contribution < -0.4 is 0 Å². The van der Waals surface area contributed by atoms with Gasteiger partial charge in [-0.05, 0) is 26.7 Å². The van der Waals surface area contributed by atoms with Gasteiger partial charge < -0.3 is 0 Å². The predicted molar refractivity (Wildman–Crippen MR) is 90.7 cm³/mol. The number of aromatic nitrogens is 5. The molecule has 2 bridgehead atoms. The van der Waals surface area contributed by atoms with E-state index in [1.54, 1.807) is 0 Å². The van der Waals surface area contributed by atoms with E-state index >= 15 is 0 Å². The third-order valence-electron chi connectivity index (χ3n) is 5.86. The zero-order valence-corrected chi connectivity index (χ0v) is 14.4. The SMILES string of the molecule is Cc1cc2ncc3c(n2n1)C[C@H]1CC[C@H]3N1Cc1cnn(C)c1C. The molecule has 2 atom stereocenters. The number of nitrogens with zero attached hydrogens (tertiary/aromatic N) is 6. The lowest BCUT2D eigenvalue weighted by molar-refractivity contribution is 0.164. The molecule has 5 rings (SSSR count). The van der Waals surface area contributed by atoms with Gasteiger partial charge in [-0.15, -0.1) is 0 Å². The third-order valence-corrected chi connectivity index (χ3v) is 5.86. The molecule has 124 valence electrons. The number of rotatable bonds is 2. The van der Waals surface area contributed by atoms with Crippen LogP contribution in [-0.4, -0.2) is 35.3 Å². The van der Waals surface area contributed by atoms with E-state index in [1.807, 2.05) is 24.9 Å². The van der Waals surface area contributed by atoms with Crippen molar-refractivity contribution < 1.29 is 0 Å². The smallest absolute Gasteiger partial charge is 0.155 e. The largest absolute Gasteiger partial charge is 0.288 e. The van der Waals surface area contributed by atoms with Gasteiger partial charge in [0.2, 0.25) is 0 Å². The number of aryl methyl sites for hydroxylation is 2. The van der Waals surface area contributed by atoms with E-state index in [1.165, 1.54) is 35.4 Å². The average molecular weight is 322 g/mol. The topological polar surface area (TPSA) is 51.2 Å². The second-order valence-electron chi connectivity index (χ2n) is 7.22. The Morgan fingerprint density at radius 2 is 2.08 bits per heavy atom. The number of hydrogen-bond donors (Lipinski definition) is 0. The van der Waals surface area contributed by atoms with Crippen LogP contribution in [0.1, 0.15) is 47.1 Å². The summed E-state index contributed by atoms with van der Waals surface area (Å²) in [5.74, 6) is 0. The maximum Gasteiger partial charge on any atom is 0.155 e. The molecule has 1 fully saturated rings. The minimum Gasteiger partial charge on any atom is -0.288 e. The van der Waals surface area contributed by atoms with Crippen molar-refractivity contribution in [1.82, 2.24) is 29.3 Å². The van der Waals surface area contributed by atoms with Crippen molar-refractivity contribution in [1.29, 1.82) is 0 Å². The van der Waals surface area contributed by atoms with Gasteiger partial charge in [-0.3, -0.25) is 9.58 Å². The van der Waals surface area contributed by atoms with Crippen molar-refractivity contribution in [2.75, 3.05) is 0 Å². The van der Waals surface area contributed by atoms with E-state index in [0.717, 1.165) is 24.3 Å². The second kappa shape index (κ2) is 4.89. The van der Waals surface area contributed by atoms with Gasteiger partial charge in [-0.1, -0.05) is 0 Å². The van der Waals surface area contributed by atoms with E-state index in [2.05, 4.69) is 43.8 Å². The monoisotopic (exact) mass is 322 g/mol. The standard InChI is InChI=1S/C18H22N6/c1-11-6-18-19-9-15-16-5-4-14(7-17(15)24(18)21-11)23(16)10-13-8-20-22(3)12(13)2/h6,8-9,14,16H,4-5,7,10H2,1-3H3/t14-,16-/m1/s1. The first-order chi connectivity index (χ1) is 11.6. The van der Waals surface area contributed by atoms with Crippen molar-refractivity contribution in [2.24, 2.45) is 7.05 Å². The molecule has 0 aliphatic carbocycles. The van der Waals surface area contributed by atoms with Crippen LogP contribution >= 0.6 is 0 Å². The molecule has 2 aliphatic heterocycles. The zero-order chi connectivity index (χ0) is 16.4. The third kappa shape index (κ3) is 1.89. The molecule has 3 aromatic heterocycles. The summed E-state index contributed by atoms with van der Waals surface area (Å²) in [4.78, 5) is 7.30. The normalized spacial score (nSPS) is 23.1. The maximum atomic E-state index is 4.67. The van der Waals surface area contributed by atoms with Crippen molar-refractivity contribution in [3.63, 3.8) is 0 Å². The Labute approximate surface area is 141 Å². The summed E-state index contributed by atoms with van der Waals surface area (Å²) in [6.07, 6.45) is 7.62. The Balaban J connectivity index is 1.55. The lowest BCUT2D eigenvalue weighted by atomic mass is 9.98. The summed E-state index contributed by atoms with van der Waals surface area (Å²) in [5.41, 5.74) is 7.33. The van der Waals surface area contributed by atoms with Crippen molar-refractivity contribution in [2.45, 2.75) is 51.7 Å². The first kappa shape index (κ1) is 14.2.